The van der Waals surface area contributed by atoms with Crippen LogP contribution in [0.5, 0.6) is 0 Å². The third-order valence-corrected chi connectivity index (χ3v) is 0.895. The van der Waals surface area contributed by atoms with Gasteiger partial charge in [0.2, 0.25) is 6.79 Å². The molecule has 0 amide bonds. The highest BCUT2D eigenvalue weighted by molar-refractivity contribution is 5.69. The predicted molar refractivity (Wildman–Crippen MR) is 34.4 cm³/mol. The van der Waals surface area contributed by atoms with Crippen molar-refractivity contribution in [3.63, 3.8) is 0 Å². The molecule has 1 N–H and O–H groups in total. The van der Waals surface area contributed by atoms with Crippen LogP contribution in [0, 0.1) is 0 Å². The summed E-state index contributed by atoms with van der Waals surface area (Å²) >= 11 is 0. The maximum atomic E-state index is 10.5. The van der Waals surface area contributed by atoms with Crippen LogP contribution in [0.1, 0.15) is 12.8 Å². The molecule has 0 aromatic carbocycles. The minimum absolute atomic E-state index is 0.0519. The topological polar surface area (TPSA) is 72.8 Å². The van der Waals surface area contributed by atoms with Gasteiger partial charge in [-0.15, -0.1) is 0 Å². The highest BCUT2D eigenvalue weighted by Gasteiger charge is 2.00. The summed E-state index contributed by atoms with van der Waals surface area (Å²) in [5.41, 5.74) is 0. The molecule has 5 heteroatoms. The fourth-order valence-corrected chi connectivity index (χ4v) is 0.423. The molecule has 0 aliphatic carbocycles. The zero-order chi connectivity index (χ0) is 8.53. The predicted octanol–water partition coefficient (Wildman–Crippen LogP) is -0.567. The summed E-state index contributed by atoms with van der Waals surface area (Å²) in [5.74, 6) is -0.485. The Bertz CT molecular complexity index is 122. The Balaban J connectivity index is 3.15. The van der Waals surface area contributed by atoms with Crippen molar-refractivity contribution in [1.82, 2.24) is 0 Å². The minimum Gasteiger partial charge on any atom is -0.430 e. The van der Waals surface area contributed by atoms with Gasteiger partial charge in [-0.3, -0.25) is 9.59 Å². The Morgan fingerprint density at radius 2 is 2.27 bits per heavy atom. The van der Waals surface area contributed by atoms with E-state index in [0.29, 0.717) is 6.42 Å². The van der Waals surface area contributed by atoms with Gasteiger partial charge in [-0.1, -0.05) is 0 Å². The molecule has 64 valence electrons. The zero-order valence-electron chi connectivity index (χ0n) is 5.99. The Kier molecular flexibility index (Phi) is 6.31. The van der Waals surface area contributed by atoms with E-state index in [4.69, 9.17) is 5.11 Å². The van der Waals surface area contributed by atoms with E-state index >= 15 is 0 Å². The molecule has 0 aromatic heterocycles. The van der Waals surface area contributed by atoms with Crippen LogP contribution in [0.3, 0.4) is 0 Å². The van der Waals surface area contributed by atoms with Crippen LogP contribution in [0.15, 0.2) is 0 Å². The molecular formula is C6H10O5. The molecule has 0 unspecified atom stereocenters. The molecule has 0 fully saturated rings. The number of rotatable bonds is 6. The average molecular weight is 162 g/mol. The molecule has 0 rings (SSSR count). The van der Waals surface area contributed by atoms with Crippen molar-refractivity contribution in [2.24, 2.45) is 0 Å². The van der Waals surface area contributed by atoms with E-state index in [1.165, 1.54) is 0 Å². The van der Waals surface area contributed by atoms with Crippen LogP contribution in [-0.2, 0) is 19.1 Å². The molecular weight excluding hydrogens is 152 g/mol. The van der Waals surface area contributed by atoms with E-state index in [1.807, 2.05) is 0 Å². The van der Waals surface area contributed by atoms with E-state index in [-0.39, 0.29) is 26.3 Å². The van der Waals surface area contributed by atoms with Crippen molar-refractivity contribution in [3.05, 3.63) is 0 Å². The lowest BCUT2D eigenvalue weighted by molar-refractivity contribution is -0.160. The molecule has 0 heterocycles. The molecule has 0 radical (unpaired) electrons. The summed E-state index contributed by atoms with van der Waals surface area (Å²) in [6.45, 7) is -0.212. The quantitative estimate of drug-likeness (QED) is 0.245. The Hall–Kier alpha value is -1.10. The summed E-state index contributed by atoms with van der Waals surface area (Å²) < 4.78 is 8.48. The van der Waals surface area contributed by atoms with Gasteiger partial charge in [-0.25, -0.2) is 0 Å². The van der Waals surface area contributed by atoms with Gasteiger partial charge in [-0.05, 0) is 6.42 Å². The molecule has 0 bridgehead atoms. The Labute approximate surface area is 63.9 Å². The summed E-state index contributed by atoms with van der Waals surface area (Å²) in [5, 5.41) is 8.29. The molecule has 11 heavy (non-hydrogen) atoms. The van der Waals surface area contributed by atoms with Gasteiger partial charge >= 0.3 is 5.97 Å². The van der Waals surface area contributed by atoms with Gasteiger partial charge in [-0.2, -0.15) is 0 Å². The number of carbonyl (C=O) groups excluding carboxylic acids is 2. The number of aliphatic hydroxyl groups excluding tert-OH is 1. The van der Waals surface area contributed by atoms with Crippen LogP contribution in [-0.4, -0.2) is 30.9 Å². The standard InChI is InChI=1S/C6H10O5/c7-3-1-2-6(9)11-5-10-4-8/h4,7H,1-3,5H2. The summed E-state index contributed by atoms with van der Waals surface area (Å²) in [6, 6.07) is 0. The third kappa shape index (κ3) is 6.79. The lowest BCUT2D eigenvalue weighted by Crippen LogP contribution is -2.08. The van der Waals surface area contributed by atoms with Gasteiger partial charge in [0.25, 0.3) is 6.47 Å². The Morgan fingerprint density at radius 1 is 1.55 bits per heavy atom. The number of esters is 1. The SMILES string of the molecule is O=COCOC(=O)CCCO. The lowest BCUT2D eigenvalue weighted by Gasteiger charge is -2.00. The van der Waals surface area contributed by atoms with Crippen LogP contribution in [0.4, 0.5) is 0 Å². The molecule has 0 spiro atoms. The van der Waals surface area contributed by atoms with Crippen LogP contribution in [0.2, 0.25) is 0 Å². The number of aliphatic hydroxyl groups is 1. The summed E-state index contributed by atoms with van der Waals surface area (Å²) in [4.78, 5) is 20.1. The van der Waals surface area contributed by atoms with E-state index < -0.39 is 5.97 Å². The number of hydrogen-bond donors (Lipinski definition) is 1. The van der Waals surface area contributed by atoms with Crippen molar-refractivity contribution in [2.45, 2.75) is 12.8 Å². The maximum absolute atomic E-state index is 10.5. The van der Waals surface area contributed by atoms with Crippen molar-refractivity contribution < 1.29 is 24.2 Å². The highest BCUT2D eigenvalue weighted by Crippen LogP contribution is 1.90. The number of hydrogen-bond acceptors (Lipinski definition) is 5. The van der Waals surface area contributed by atoms with Crippen LogP contribution < -0.4 is 0 Å². The van der Waals surface area contributed by atoms with Crippen molar-refractivity contribution in [1.29, 1.82) is 0 Å². The molecule has 0 atom stereocenters. The van der Waals surface area contributed by atoms with Crippen molar-refractivity contribution in [2.75, 3.05) is 13.4 Å². The molecule has 0 aromatic rings. The second-order valence-corrected chi connectivity index (χ2v) is 1.72. The molecule has 0 saturated heterocycles. The van der Waals surface area contributed by atoms with Gasteiger partial charge in [0.15, 0.2) is 0 Å². The highest BCUT2D eigenvalue weighted by atomic mass is 16.7. The van der Waals surface area contributed by atoms with E-state index in [2.05, 4.69) is 9.47 Å². The first-order chi connectivity index (χ1) is 5.31. The fraction of sp³-hybridized carbons (Fsp3) is 0.667. The number of carbonyl (C=O) groups is 2. The van der Waals surface area contributed by atoms with Crippen molar-refractivity contribution >= 4 is 12.4 Å². The normalized spacial score (nSPS) is 8.82. The van der Waals surface area contributed by atoms with Crippen molar-refractivity contribution in [3.8, 4) is 0 Å². The van der Waals surface area contributed by atoms with E-state index in [9.17, 15) is 9.59 Å². The second-order valence-electron chi connectivity index (χ2n) is 1.72. The zero-order valence-corrected chi connectivity index (χ0v) is 5.99. The minimum atomic E-state index is -0.485. The largest absolute Gasteiger partial charge is 0.430 e. The van der Waals surface area contributed by atoms with E-state index in [0.717, 1.165) is 0 Å². The molecule has 0 saturated carbocycles. The van der Waals surface area contributed by atoms with Gasteiger partial charge in [0.05, 0.1) is 0 Å². The monoisotopic (exact) mass is 162 g/mol. The Morgan fingerprint density at radius 3 is 2.82 bits per heavy atom. The first kappa shape index (κ1) is 9.90. The summed E-state index contributed by atoms with van der Waals surface area (Å²) in [7, 11) is 0. The average Bonchev–Trinajstić information content (AvgIpc) is 2.01. The number of ether oxygens (including phenoxy) is 2. The van der Waals surface area contributed by atoms with E-state index in [1.54, 1.807) is 0 Å². The van der Waals surface area contributed by atoms with Gasteiger partial charge in [0, 0.05) is 13.0 Å². The smallest absolute Gasteiger partial charge is 0.308 e. The first-order valence-electron chi connectivity index (χ1n) is 3.13. The van der Waals surface area contributed by atoms with Gasteiger partial charge < -0.3 is 14.6 Å². The second kappa shape index (κ2) is 7.01. The third-order valence-electron chi connectivity index (χ3n) is 0.895. The maximum Gasteiger partial charge on any atom is 0.308 e. The molecule has 0 aliphatic rings. The molecule has 5 nitrogen and oxygen atoms in total. The fourth-order valence-electron chi connectivity index (χ4n) is 0.423. The van der Waals surface area contributed by atoms with Crippen LogP contribution in [0.25, 0.3) is 0 Å². The van der Waals surface area contributed by atoms with Crippen LogP contribution >= 0.6 is 0 Å². The summed E-state index contributed by atoms with van der Waals surface area (Å²) in [6.07, 6.45) is 0.499. The van der Waals surface area contributed by atoms with Gasteiger partial charge in [0.1, 0.15) is 0 Å². The lowest BCUT2D eigenvalue weighted by atomic mass is 10.3. The molecule has 0 aliphatic heterocycles. The first-order valence-corrected chi connectivity index (χ1v) is 3.13.